The maximum atomic E-state index is 12.9. The molecule has 0 atom stereocenters. The molecule has 2 rings (SSSR count). The molecule has 0 bridgehead atoms. The summed E-state index contributed by atoms with van der Waals surface area (Å²) in [5.74, 6) is 0.315. The first-order valence-corrected chi connectivity index (χ1v) is 5.34. The first-order chi connectivity index (χ1) is 7.65. The van der Waals surface area contributed by atoms with E-state index < -0.39 is 0 Å². The van der Waals surface area contributed by atoms with Gasteiger partial charge in [-0.1, -0.05) is 11.6 Å². The van der Waals surface area contributed by atoms with Gasteiger partial charge in [-0.15, -0.1) is 0 Å². The lowest BCUT2D eigenvalue weighted by atomic mass is 10.3. The highest BCUT2D eigenvalue weighted by Gasteiger charge is 2.03. The number of anilines is 1. The van der Waals surface area contributed by atoms with Gasteiger partial charge in [-0.25, -0.2) is 4.39 Å². The number of furan rings is 1. The number of halogens is 3. The highest BCUT2D eigenvalue weighted by Crippen LogP contribution is 2.23. The Balaban J connectivity index is 2.07. The van der Waals surface area contributed by atoms with E-state index in [2.05, 4.69) is 5.32 Å². The third-order valence-electron chi connectivity index (χ3n) is 2.01. The van der Waals surface area contributed by atoms with Crippen molar-refractivity contribution in [1.29, 1.82) is 0 Å². The topological polar surface area (TPSA) is 25.2 Å². The van der Waals surface area contributed by atoms with Gasteiger partial charge in [0.25, 0.3) is 0 Å². The van der Waals surface area contributed by atoms with E-state index in [-0.39, 0.29) is 5.82 Å². The fourth-order valence-corrected chi connectivity index (χ4v) is 1.61. The molecule has 0 amide bonds. The second-order valence-corrected chi connectivity index (χ2v) is 3.96. The lowest BCUT2D eigenvalue weighted by Crippen LogP contribution is -1.99. The number of hydrogen-bond donors (Lipinski definition) is 1. The zero-order chi connectivity index (χ0) is 11.5. The molecule has 0 aliphatic heterocycles. The van der Waals surface area contributed by atoms with Crippen molar-refractivity contribution in [2.75, 3.05) is 5.32 Å². The maximum absolute atomic E-state index is 12.9. The summed E-state index contributed by atoms with van der Waals surface area (Å²) in [4.78, 5) is 0. The van der Waals surface area contributed by atoms with Gasteiger partial charge < -0.3 is 9.73 Å². The van der Waals surface area contributed by atoms with Crippen LogP contribution in [0.2, 0.25) is 10.2 Å². The van der Waals surface area contributed by atoms with Gasteiger partial charge in [0.1, 0.15) is 11.6 Å². The maximum Gasteiger partial charge on any atom is 0.193 e. The Kier molecular flexibility index (Phi) is 3.36. The summed E-state index contributed by atoms with van der Waals surface area (Å²) in [5.41, 5.74) is 0.522. The van der Waals surface area contributed by atoms with Gasteiger partial charge in [0.05, 0.1) is 17.3 Å². The van der Waals surface area contributed by atoms with Crippen LogP contribution < -0.4 is 5.32 Å². The molecule has 1 aromatic carbocycles. The molecule has 1 aromatic heterocycles. The van der Waals surface area contributed by atoms with Gasteiger partial charge in [-0.2, -0.15) is 0 Å². The number of benzene rings is 1. The summed E-state index contributed by atoms with van der Waals surface area (Å²) in [5, 5.41) is 3.74. The molecule has 2 nitrogen and oxygen atoms in total. The molecule has 5 heteroatoms. The largest absolute Gasteiger partial charge is 0.448 e. The zero-order valence-corrected chi connectivity index (χ0v) is 9.65. The van der Waals surface area contributed by atoms with Crippen molar-refractivity contribution < 1.29 is 8.81 Å². The lowest BCUT2D eigenvalue weighted by Gasteiger charge is -2.06. The van der Waals surface area contributed by atoms with Crippen LogP contribution >= 0.6 is 23.2 Å². The van der Waals surface area contributed by atoms with Crippen LogP contribution in [-0.4, -0.2) is 0 Å². The van der Waals surface area contributed by atoms with Crippen LogP contribution in [0.1, 0.15) is 5.76 Å². The van der Waals surface area contributed by atoms with Gasteiger partial charge in [-0.3, -0.25) is 0 Å². The summed E-state index contributed by atoms with van der Waals surface area (Å²) >= 11 is 11.5. The molecule has 84 valence electrons. The van der Waals surface area contributed by atoms with Crippen molar-refractivity contribution >= 4 is 28.9 Å². The number of rotatable bonds is 3. The van der Waals surface area contributed by atoms with Crippen molar-refractivity contribution in [3.05, 3.63) is 52.2 Å². The van der Waals surface area contributed by atoms with Gasteiger partial charge in [-0.05, 0) is 41.9 Å². The second-order valence-electron chi connectivity index (χ2n) is 3.18. The van der Waals surface area contributed by atoms with Crippen LogP contribution in [0.15, 0.2) is 34.7 Å². The highest BCUT2D eigenvalue weighted by atomic mass is 35.5. The van der Waals surface area contributed by atoms with E-state index in [1.807, 2.05) is 0 Å². The molecule has 0 unspecified atom stereocenters. The molecule has 1 heterocycles. The molecule has 2 aromatic rings. The fourth-order valence-electron chi connectivity index (χ4n) is 1.26. The van der Waals surface area contributed by atoms with Crippen LogP contribution in [0.5, 0.6) is 0 Å². The Hall–Kier alpha value is -1.19. The first-order valence-electron chi connectivity index (χ1n) is 4.58. The molecular formula is C11H8Cl2FNO. The van der Waals surface area contributed by atoms with E-state index in [1.54, 1.807) is 12.1 Å². The molecule has 0 fully saturated rings. The Bertz CT molecular complexity index is 498. The smallest absolute Gasteiger partial charge is 0.193 e. The van der Waals surface area contributed by atoms with Crippen LogP contribution in [0.4, 0.5) is 10.1 Å². The summed E-state index contributed by atoms with van der Waals surface area (Å²) in [6, 6.07) is 7.51. The van der Waals surface area contributed by atoms with Gasteiger partial charge in [0.15, 0.2) is 5.22 Å². The van der Waals surface area contributed by atoms with Gasteiger partial charge in [0, 0.05) is 0 Å². The van der Waals surface area contributed by atoms with Crippen LogP contribution in [0.25, 0.3) is 0 Å². The normalized spacial score (nSPS) is 10.4. The summed E-state index contributed by atoms with van der Waals surface area (Å²) in [7, 11) is 0. The van der Waals surface area contributed by atoms with Crippen LogP contribution in [0.3, 0.4) is 0 Å². The van der Waals surface area contributed by atoms with E-state index in [1.165, 1.54) is 18.2 Å². The summed E-state index contributed by atoms with van der Waals surface area (Å²) in [6.45, 7) is 0.399. The molecule has 0 aliphatic carbocycles. The van der Waals surface area contributed by atoms with Crippen molar-refractivity contribution in [3.63, 3.8) is 0 Å². The fraction of sp³-hybridized carbons (Fsp3) is 0.0909. The van der Waals surface area contributed by atoms with E-state index in [0.717, 1.165) is 0 Å². The Morgan fingerprint density at radius 3 is 2.69 bits per heavy atom. The Morgan fingerprint density at radius 2 is 2.00 bits per heavy atom. The molecular weight excluding hydrogens is 252 g/mol. The number of nitrogens with one attached hydrogen (secondary N) is 1. The minimum absolute atomic E-state index is 0.321. The summed E-state index contributed by atoms with van der Waals surface area (Å²) in [6.07, 6.45) is 0. The summed E-state index contributed by atoms with van der Waals surface area (Å²) < 4.78 is 18.1. The van der Waals surface area contributed by atoms with Gasteiger partial charge in [0.2, 0.25) is 0 Å². The van der Waals surface area contributed by atoms with Crippen molar-refractivity contribution in [3.8, 4) is 0 Å². The molecule has 0 saturated heterocycles. The van der Waals surface area contributed by atoms with Crippen molar-refractivity contribution in [2.45, 2.75) is 6.54 Å². The quantitative estimate of drug-likeness (QED) is 0.888. The average molecular weight is 260 g/mol. The van der Waals surface area contributed by atoms with E-state index in [4.69, 9.17) is 27.6 Å². The van der Waals surface area contributed by atoms with Crippen LogP contribution in [0, 0.1) is 5.82 Å². The second kappa shape index (κ2) is 4.76. The van der Waals surface area contributed by atoms with Crippen molar-refractivity contribution in [2.24, 2.45) is 0 Å². The molecule has 1 N–H and O–H groups in total. The monoisotopic (exact) mass is 259 g/mol. The third kappa shape index (κ3) is 2.68. The minimum Gasteiger partial charge on any atom is -0.448 e. The highest BCUT2D eigenvalue weighted by molar-refractivity contribution is 6.33. The van der Waals surface area contributed by atoms with Crippen LogP contribution in [-0.2, 0) is 6.54 Å². The average Bonchev–Trinajstić information content (AvgIpc) is 2.66. The molecule has 16 heavy (non-hydrogen) atoms. The molecule has 0 spiro atoms. The van der Waals surface area contributed by atoms with Crippen molar-refractivity contribution in [1.82, 2.24) is 0 Å². The molecule has 0 aliphatic rings. The lowest BCUT2D eigenvalue weighted by molar-refractivity contribution is 0.520. The zero-order valence-electron chi connectivity index (χ0n) is 8.14. The van der Waals surface area contributed by atoms with E-state index in [9.17, 15) is 4.39 Å². The SMILES string of the molecule is Fc1ccc(Cl)c(NCc2ccc(Cl)o2)c1. The predicted molar refractivity (Wildman–Crippen MR) is 62.5 cm³/mol. The third-order valence-corrected chi connectivity index (χ3v) is 2.54. The van der Waals surface area contributed by atoms with E-state index >= 15 is 0 Å². The Morgan fingerprint density at radius 1 is 1.19 bits per heavy atom. The first kappa shape index (κ1) is 11.3. The molecule has 0 radical (unpaired) electrons. The molecule has 0 saturated carbocycles. The predicted octanol–water partition coefficient (Wildman–Crippen LogP) is 4.34. The van der Waals surface area contributed by atoms with Gasteiger partial charge >= 0.3 is 0 Å². The minimum atomic E-state index is -0.343. The standard InChI is InChI=1S/C11H8Cl2FNO/c12-9-3-1-7(14)5-10(9)15-6-8-2-4-11(13)16-8/h1-5,15H,6H2. The number of hydrogen-bond acceptors (Lipinski definition) is 2. The Labute approximate surface area is 102 Å². The van der Waals surface area contributed by atoms with E-state index in [0.29, 0.717) is 28.2 Å².